The summed E-state index contributed by atoms with van der Waals surface area (Å²) < 4.78 is 6.80. The van der Waals surface area contributed by atoms with Crippen molar-refractivity contribution < 1.29 is 4.74 Å². The van der Waals surface area contributed by atoms with Crippen molar-refractivity contribution in [3.63, 3.8) is 0 Å². The molecule has 2 heterocycles. The first-order valence-corrected chi connectivity index (χ1v) is 7.08. The highest BCUT2D eigenvalue weighted by Gasteiger charge is 2.19. The molecule has 1 atom stereocenters. The van der Waals surface area contributed by atoms with E-state index in [9.17, 15) is 0 Å². The predicted molar refractivity (Wildman–Crippen MR) is 76.3 cm³/mol. The van der Waals surface area contributed by atoms with Gasteiger partial charge in [-0.15, -0.1) is 11.3 Å². The van der Waals surface area contributed by atoms with E-state index in [0.717, 1.165) is 41.2 Å². The number of likely N-dealkylation sites (N-methyl/N-ethyl adjacent to an activating group) is 1. The average molecular weight is 263 g/mol. The van der Waals surface area contributed by atoms with E-state index in [1.54, 1.807) is 11.3 Å². The molecule has 1 aliphatic rings. The molecule has 4 nitrogen and oxygen atoms in total. The van der Waals surface area contributed by atoms with Crippen LogP contribution in [0.25, 0.3) is 10.2 Å². The second-order valence-electron chi connectivity index (χ2n) is 4.71. The van der Waals surface area contributed by atoms with Crippen LogP contribution in [0, 0.1) is 0 Å². The van der Waals surface area contributed by atoms with Crippen molar-refractivity contribution >= 4 is 32.9 Å². The molecule has 96 valence electrons. The highest BCUT2D eigenvalue weighted by atomic mass is 32.1. The van der Waals surface area contributed by atoms with Crippen LogP contribution in [-0.2, 0) is 4.74 Å². The monoisotopic (exact) mass is 263 g/mol. The molecule has 18 heavy (non-hydrogen) atoms. The van der Waals surface area contributed by atoms with Gasteiger partial charge in [-0.25, -0.2) is 4.98 Å². The van der Waals surface area contributed by atoms with Crippen molar-refractivity contribution in [1.82, 2.24) is 4.98 Å². The van der Waals surface area contributed by atoms with Crippen LogP contribution in [0.3, 0.4) is 0 Å². The topological polar surface area (TPSA) is 51.4 Å². The van der Waals surface area contributed by atoms with Crippen LogP contribution in [0.5, 0.6) is 0 Å². The van der Waals surface area contributed by atoms with Gasteiger partial charge in [0.2, 0.25) is 0 Å². The van der Waals surface area contributed by atoms with Crippen molar-refractivity contribution in [1.29, 1.82) is 0 Å². The normalized spacial score (nSPS) is 19.5. The van der Waals surface area contributed by atoms with Gasteiger partial charge < -0.3 is 15.4 Å². The number of fused-ring (bicyclic) bond motifs is 1. The molecule has 0 amide bonds. The quantitative estimate of drug-likeness (QED) is 0.864. The summed E-state index contributed by atoms with van der Waals surface area (Å²) in [6.07, 6.45) is 2.64. The van der Waals surface area contributed by atoms with Gasteiger partial charge >= 0.3 is 0 Å². The standard InChI is InChI=1S/C13H17N3OS/c1-16(7-9-3-2-6-17-9)10-4-5-11-13(12(10)14)15-8-18-11/h4-5,8-9H,2-3,6-7,14H2,1H3. The lowest BCUT2D eigenvalue weighted by Gasteiger charge is -2.24. The Balaban J connectivity index is 1.85. The van der Waals surface area contributed by atoms with E-state index in [4.69, 9.17) is 10.5 Å². The third-order valence-electron chi connectivity index (χ3n) is 3.43. The Morgan fingerprint density at radius 2 is 2.44 bits per heavy atom. The molecule has 0 bridgehead atoms. The van der Waals surface area contributed by atoms with Gasteiger partial charge in [0.1, 0.15) is 5.52 Å². The molecule has 1 unspecified atom stereocenters. The molecule has 2 N–H and O–H groups in total. The molecular formula is C13H17N3OS. The van der Waals surface area contributed by atoms with Gasteiger partial charge in [-0.1, -0.05) is 0 Å². The number of aromatic nitrogens is 1. The summed E-state index contributed by atoms with van der Waals surface area (Å²) in [7, 11) is 2.06. The predicted octanol–water partition coefficient (Wildman–Crippen LogP) is 2.49. The minimum atomic E-state index is 0.334. The van der Waals surface area contributed by atoms with Gasteiger partial charge in [0.15, 0.2) is 0 Å². The Labute approximate surface area is 110 Å². The number of nitrogen functional groups attached to an aromatic ring is 1. The largest absolute Gasteiger partial charge is 0.395 e. The molecule has 1 aromatic carbocycles. The summed E-state index contributed by atoms with van der Waals surface area (Å²) in [5.74, 6) is 0. The van der Waals surface area contributed by atoms with E-state index in [2.05, 4.69) is 29.1 Å². The molecular weight excluding hydrogens is 246 g/mol. The van der Waals surface area contributed by atoms with E-state index in [-0.39, 0.29) is 0 Å². The maximum Gasteiger partial charge on any atom is 0.106 e. The molecule has 1 fully saturated rings. The molecule has 1 aliphatic heterocycles. The Hall–Kier alpha value is -1.33. The summed E-state index contributed by atoms with van der Waals surface area (Å²) >= 11 is 1.62. The summed E-state index contributed by atoms with van der Waals surface area (Å²) in [6.45, 7) is 1.78. The van der Waals surface area contributed by atoms with E-state index in [1.165, 1.54) is 6.42 Å². The van der Waals surface area contributed by atoms with Crippen molar-refractivity contribution in [3.05, 3.63) is 17.6 Å². The zero-order chi connectivity index (χ0) is 12.5. The maximum absolute atomic E-state index is 6.20. The van der Waals surface area contributed by atoms with Crippen LogP contribution in [0.15, 0.2) is 17.6 Å². The van der Waals surface area contributed by atoms with Crippen molar-refractivity contribution in [2.24, 2.45) is 0 Å². The number of benzene rings is 1. The summed E-state index contributed by atoms with van der Waals surface area (Å²) in [5.41, 5.74) is 10.8. The number of hydrogen-bond donors (Lipinski definition) is 1. The van der Waals surface area contributed by atoms with Gasteiger partial charge in [-0.05, 0) is 25.0 Å². The number of nitrogens with zero attached hydrogens (tertiary/aromatic N) is 2. The minimum Gasteiger partial charge on any atom is -0.395 e. The number of nitrogens with two attached hydrogens (primary N) is 1. The van der Waals surface area contributed by atoms with E-state index in [0.29, 0.717) is 6.10 Å². The first kappa shape index (κ1) is 11.7. The fraction of sp³-hybridized carbons (Fsp3) is 0.462. The highest BCUT2D eigenvalue weighted by molar-refractivity contribution is 7.16. The molecule has 5 heteroatoms. The van der Waals surface area contributed by atoms with Crippen molar-refractivity contribution in [2.45, 2.75) is 18.9 Å². The zero-order valence-corrected chi connectivity index (χ0v) is 11.2. The second kappa shape index (κ2) is 4.74. The lowest BCUT2D eigenvalue weighted by Crippen LogP contribution is -2.29. The van der Waals surface area contributed by atoms with Gasteiger partial charge in [0.25, 0.3) is 0 Å². The van der Waals surface area contributed by atoms with Crippen molar-refractivity contribution in [2.75, 3.05) is 30.8 Å². The maximum atomic E-state index is 6.20. The van der Waals surface area contributed by atoms with Crippen LogP contribution in [-0.4, -0.2) is 31.3 Å². The number of ether oxygens (including phenoxy) is 1. The van der Waals surface area contributed by atoms with Gasteiger partial charge in [0, 0.05) is 20.2 Å². The first-order valence-electron chi connectivity index (χ1n) is 6.20. The van der Waals surface area contributed by atoms with E-state index < -0.39 is 0 Å². The highest BCUT2D eigenvalue weighted by Crippen LogP contribution is 2.32. The zero-order valence-electron chi connectivity index (χ0n) is 10.4. The van der Waals surface area contributed by atoms with Crippen LogP contribution in [0.1, 0.15) is 12.8 Å². The third kappa shape index (κ3) is 2.04. The minimum absolute atomic E-state index is 0.334. The van der Waals surface area contributed by atoms with Crippen LogP contribution in [0.2, 0.25) is 0 Å². The van der Waals surface area contributed by atoms with Gasteiger partial charge in [0.05, 0.1) is 27.7 Å². The first-order chi connectivity index (χ1) is 8.75. The molecule has 0 saturated carbocycles. The average Bonchev–Trinajstić information content (AvgIpc) is 2.99. The van der Waals surface area contributed by atoms with E-state index >= 15 is 0 Å². The third-order valence-corrected chi connectivity index (χ3v) is 4.23. The van der Waals surface area contributed by atoms with E-state index in [1.807, 2.05) is 5.51 Å². The van der Waals surface area contributed by atoms with Gasteiger partial charge in [-0.2, -0.15) is 0 Å². The van der Waals surface area contributed by atoms with Crippen LogP contribution >= 0.6 is 11.3 Å². The Bertz CT molecular complexity index is 548. The second-order valence-corrected chi connectivity index (χ2v) is 5.60. The number of thiazole rings is 1. The molecule has 0 spiro atoms. The summed E-state index contributed by atoms with van der Waals surface area (Å²) in [4.78, 5) is 6.50. The van der Waals surface area contributed by atoms with Crippen molar-refractivity contribution in [3.8, 4) is 0 Å². The fourth-order valence-electron chi connectivity index (χ4n) is 2.47. The van der Waals surface area contributed by atoms with Crippen LogP contribution < -0.4 is 10.6 Å². The molecule has 1 aromatic heterocycles. The fourth-order valence-corrected chi connectivity index (χ4v) is 3.16. The summed E-state index contributed by atoms with van der Waals surface area (Å²) in [5, 5.41) is 0. The molecule has 3 rings (SSSR count). The number of anilines is 2. The lowest BCUT2D eigenvalue weighted by atomic mass is 10.2. The number of hydrogen-bond acceptors (Lipinski definition) is 5. The Morgan fingerprint density at radius 3 is 3.22 bits per heavy atom. The SMILES string of the molecule is CN(CC1CCCO1)c1ccc2scnc2c1N. The molecule has 1 saturated heterocycles. The molecule has 2 aromatic rings. The Kier molecular flexibility index (Phi) is 3.09. The Morgan fingerprint density at radius 1 is 1.56 bits per heavy atom. The van der Waals surface area contributed by atoms with Crippen LogP contribution in [0.4, 0.5) is 11.4 Å². The molecule has 0 radical (unpaired) electrons. The number of rotatable bonds is 3. The smallest absolute Gasteiger partial charge is 0.106 e. The van der Waals surface area contributed by atoms with Gasteiger partial charge in [-0.3, -0.25) is 0 Å². The lowest BCUT2D eigenvalue weighted by molar-refractivity contribution is 0.116. The molecule has 0 aliphatic carbocycles. The summed E-state index contributed by atoms with van der Waals surface area (Å²) in [6, 6.07) is 4.16.